The first-order valence-electron chi connectivity index (χ1n) is 13.3. The summed E-state index contributed by atoms with van der Waals surface area (Å²) in [4.78, 5) is 17.2. The maximum Gasteiger partial charge on any atom is 0.512 e. The second-order valence-corrected chi connectivity index (χ2v) is 9.57. The van der Waals surface area contributed by atoms with E-state index in [9.17, 15) is 9.90 Å². The van der Waals surface area contributed by atoms with Crippen LogP contribution in [0.4, 0.5) is 10.5 Å². The first kappa shape index (κ1) is 24.8. The monoisotopic (exact) mass is 522 g/mol. The fraction of sp³-hybridized carbons (Fsp3) is 0.219. The summed E-state index contributed by atoms with van der Waals surface area (Å²) in [5, 5.41) is 12.6. The van der Waals surface area contributed by atoms with Gasteiger partial charge in [0.15, 0.2) is 0 Å². The molecule has 39 heavy (non-hydrogen) atoms. The number of ether oxygens (including phenoxy) is 3. The Balaban J connectivity index is 1.29. The van der Waals surface area contributed by atoms with E-state index >= 15 is 0 Å². The quantitative estimate of drug-likeness (QED) is 0.170. The highest BCUT2D eigenvalue weighted by Gasteiger charge is 2.21. The standard InChI is InChI=1S/C32H30N2O5/c35-32(36)39-31-27(14-7-19-38-29-16-5-9-22-8-1-2-10-23(22)29)26-13-6-12-25(30(26)33-31)24-11-3-4-15-28(24)34-17-20-37-21-18-34/h1-6,8-13,15-16,33H,7,14,17-21H2,(H,35,36). The van der Waals surface area contributed by atoms with Crippen LogP contribution in [0.5, 0.6) is 11.6 Å². The van der Waals surface area contributed by atoms with Crippen LogP contribution in [0.15, 0.2) is 84.9 Å². The molecule has 0 radical (unpaired) electrons. The number of aromatic nitrogens is 1. The number of aromatic amines is 1. The van der Waals surface area contributed by atoms with Crippen LogP contribution in [-0.2, 0) is 11.2 Å². The van der Waals surface area contributed by atoms with Crippen molar-refractivity contribution in [3.63, 3.8) is 0 Å². The van der Waals surface area contributed by atoms with Crippen LogP contribution in [-0.4, -0.2) is 49.2 Å². The Morgan fingerprint density at radius 3 is 2.46 bits per heavy atom. The minimum absolute atomic E-state index is 0.263. The number of morpholine rings is 1. The summed E-state index contributed by atoms with van der Waals surface area (Å²) in [5.41, 5.74) is 4.91. The van der Waals surface area contributed by atoms with E-state index in [2.05, 4.69) is 46.3 Å². The van der Waals surface area contributed by atoms with Gasteiger partial charge in [-0.3, -0.25) is 0 Å². The van der Waals surface area contributed by atoms with E-state index < -0.39 is 6.16 Å². The van der Waals surface area contributed by atoms with Crippen molar-refractivity contribution in [3.8, 4) is 22.8 Å². The summed E-state index contributed by atoms with van der Waals surface area (Å²) in [6.07, 6.45) is -0.0482. The lowest BCUT2D eigenvalue weighted by molar-refractivity contribution is 0.123. The summed E-state index contributed by atoms with van der Waals surface area (Å²) < 4.78 is 16.9. The summed E-state index contributed by atoms with van der Waals surface area (Å²) in [7, 11) is 0. The molecule has 0 unspecified atom stereocenters. The molecule has 0 saturated carbocycles. The molecule has 0 aliphatic carbocycles. The molecule has 1 aliphatic rings. The summed E-state index contributed by atoms with van der Waals surface area (Å²) in [6, 6.07) is 28.6. The third kappa shape index (κ3) is 5.13. The van der Waals surface area contributed by atoms with Gasteiger partial charge in [-0.2, -0.15) is 0 Å². The van der Waals surface area contributed by atoms with Gasteiger partial charge in [0.25, 0.3) is 0 Å². The highest BCUT2D eigenvalue weighted by molar-refractivity contribution is 6.00. The third-order valence-electron chi connectivity index (χ3n) is 7.22. The average Bonchev–Trinajstić information content (AvgIpc) is 3.32. The summed E-state index contributed by atoms with van der Waals surface area (Å²) in [5.74, 6) is 1.11. The van der Waals surface area contributed by atoms with Gasteiger partial charge in [-0.25, -0.2) is 4.79 Å². The van der Waals surface area contributed by atoms with Crippen molar-refractivity contribution >= 4 is 33.5 Å². The van der Waals surface area contributed by atoms with Gasteiger partial charge >= 0.3 is 6.16 Å². The number of hydrogen-bond acceptors (Lipinski definition) is 5. The highest BCUT2D eigenvalue weighted by Crippen LogP contribution is 2.39. The van der Waals surface area contributed by atoms with Crippen LogP contribution >= 0.6 is 0 Å². The third-order valence-corrected chi connectivity index (χ3v) is 7.22. The molecule has 7 heteroatoms. The van der Waals surface area contributed by atoms with Crippen LogP contribution in [0.2, 0.25) is 0 Å². The number of aryl methyl sites for hydroxylation is 1. The van der Waals surface area contributed by atoms with Crippen LogP contribution < -0.4 is 14.4 Å². The van der Waals surface area contributed by atoms with Gasteiger partial charge in [0, 0.05) is 46.2 Å². The van der Waals surface area contributed by atoms with Gasteiger partial charge in [0.05, 0.1) is 25.3 Å². The number of nitrogens with zero attached hydrogens (tertiary/aromatic N) is 1. The Labute approximate surface area is 226 Å². The van der Waals surface area contributed by atoms with Gasteiger partial charge in [0.1, 0.15) is 5.75 Å². The molecule has 6 rings (SSSR count). The van der Waals surface area contributed by atoms with Crippen molar-refractivity contribution in [2.24, 2.45) is 0 Å². The Hall–Kier alpha value is -4.49. The van der Waals surface area contributed by atoms with Crippen LogP contribution in [0.1, 0.15) is 12.0 Å². The summed E-state index contributed by atoms with van der Waals surface area (Å²) >= 11 is 0. The first-order chi connectivity index (χ1) is 19.2. The second-order valence-electron chi connectivity index (χ2n) is 9.57. The molecule has 2 heterocycles. The van der Waals surface area contributed by atoms with Gasteiger partial charge in [0.2, 0.25) is 5.88 Å². The van der Waals surface area contributed by atoms with E-state index in [1.807, 2.05) is 48.5 Å². The van der Waals surface area contributed by atoms with E-state index in [-0.39, 0.29) is 5.88 Å². The van der Waals surface area contributed by atoms with Crippen molar-refractivity contribution in [2.45, 2.75) is 12.8 Å². The van der Waals surface area contributed by atoms with E-state index in [0.717, 1.165) is 62.9 Å². The van der Waals surface area contributed by atoms with Gasteiger partial charge in [-0.05, 0) is 30.4 Å². The lowest BCUT2D eigenvalue weighted by atomic mass is 9.98. The van der Waals surface area contributed by atoms with Crippen molar-refractivity contribution < 1.29 is 24.1 Å². The van der Waals surface area contributed by atoms with E-state index in [1.165, 1.54) is 0 Å². The van der Waals surface area contributed by atoms with E-state index in [1.54, 1.807) is 0 Å². The minimum atomic E-state index is -1.34. The maximum atomic E-state index is 11.6. The summed E-state index contributed by atoms with van der Waals surface area (Å²) in [6.45, 7) is 3.54. The molecule has 2 N–H and O–H groups in total. The number of nitrogens with one attached hydrogen (secondary N) is 1. The molecule has 1 aliphatic heterocycles. The SMILES string of the molecule is O=C(O)Oc1[nH]c2c(-c3ccccc3N3CCOCC3)cccc2c1CCCOc1cccc2ccccc12. The number of carbonyl (C=O) groups is 1. The van der Waals surface area contributed by atoms with Gasteiger partial charge in [-0.1, -0.05) is 72.8 Å². The lowest BCUT2D eigenvalue weighted by Crippen LogP contribution is -2.36. The molecule has 0 atom stereocenters. The molecule has 4 aromatic carbocycles. The number of fused-ring (bicyclic) bond motifs is 2. The molecule has 198 valence electrons. The molecule has 1 aromatic heterocycles. The molecular weight excluding hydrogens is 492 g/mol. The Morgan fingerprint density at radius 1 is 0.872 bits per heavy atom. The normalized spacial score (nSPS) is 13.6. The van der Waals surface area contributed by atoms with Gasteiger partial charge in [-0.15, -0.1) is 0 Å². The number of hydrogen-bond donors (Lipinski definition) is 2. The number of anilines is 1. The zero-order valence-corrected chi connectivity index (χ0v) is 21.6. The van der Waals surface area contributed by atoms with Crippen LogP contribution in [0.25, 0.3) is 32.8 Å². The second kappa shape index (κ2) is 11.1. The van der Waals surface area contributed by atoms with Crippen molar-refractivity contribution in [2.75, 3.05) is 37.8 Å². The molecule has 0 amide bonds. The molecule has 1 fully saturated rings. The topological polar surface area (TPSA) is 84.0 Å². The smallest absolute Gasteiger partial charge is 0.493 e. The predicted octanol–water partition coefficient (Wildman–Crippen LogP) is 6.89. The minimum Gasteiger partial charge on any atom is -0.493 e. The maximum absolute atomic E-state index is 11.6. The largest absolute Gasteiger partial charge is 0.512 e. The number of para-hydroxylation sites is 2. The zero-order chi connectivity index (χ0) is 26.6. The Morgan fingerprint density at radius 2 is 1.59 bits per heavy atom. The van der Waals surface area contributed by atoms with Crippen LogP contribution in [0.3, 0.4) is 0 Å². The van der Waals surface area contributed by atoms with Gasteiger partial charge < -0.3 is 29.2 Å². The predicted molar refractivity (Wildman–Crippen MR) is 153 cm³/mol. The van der Waals surface area contributed by atoms with Crippen molar-refractivity contribution in [1.82, 2.24) is 4.98 Å². The number of rotatable bonds is 8. The molecule has 0 spiro atoms. The lowest BCUT2D eigenvalue weighted by Gasteiger charge is -2.30. The highest BCUT2D eigenvalue weighted by atomic mass is 16.7. The molecule has 5 aromatic rings. The van der Waals surface area contributed by atoms with Crippen LogP contribution in [0, 0.1) is 0 Å². The van der Waals surface area contributed by atoms with Crippen molar-refractivity contribution in [3.05, 3.63) is 90.5 Å². The van der Waals surface area contributed by atoms with Crippen molar-refractivity contribution in [1.29, 1.82) is 0 Å². The zero-order valence-electron chi connectivity index (χ0n) is 21.6. The number of carboxylic acid groups (broad SMARTS) is 1. The Bertz CT molecular complexity index is 1610. The molecular formula is C32H30N2O5. The number of benzene rings is 4. The fourth-order valence-electron chi connectivity index (χ4n) is 5.43. The van der Waals surface area contributed by atoms with E-state index in [0.29, 0.717) is 32.7 Å². The van der Waals surface area contributed by atoms with E-state index in [4.69, 9.17) is 14.2 Å². The molecule has 7 nitrogen and oxygen atoms in total. The fourth-order valence-corrected chi connectivity index (χ4v) is 5.43. The molecule has 0 bridgehead atoms. The number of H-pyrrole nitrogens is 1. The Kier molecular flexibility index (Phi) is 7.06. The average molecular weight is 523 g/mol. The first-order valence-corrected chi connectivity index (χ1v) is 13.3. The molecule has 1 saturated heterocycles.